The molecule has 0 aliphatic carbocycles. The molecule has 0 spiro atoms. The van der Waals surface area contributed by atoms with E-state index in [0.717, 1.165) is 23.9 Å². The van der Waals surface area contributed by atoms with Crippen LogP contribution in [0, 0.1) is 0 Å². The Hall–Kier alpha value is -2.64. The Bertz CT molecular complexity index is 887. The summed E-state index contributed by atoms with van der Waals surface area (Å²) in [6.45, 7) is 5.57. The van der Waals surface area contributed by atoms with E-state index in [-0.39, 0.29) is 11.8 Å². The lowest BCUT2D eigenvalue weighted by Gasteiger charge is -2.36. The van der Waals surface area contributed by atoms with Crippen molar-refractivity contribution >= 4 is 22.6 Å². The fourth-order valence-corrected chi connectivity index (χ4v) is 3.94. The number of piperazine rings is 1. The predicted molar refractivity (Wildman–Crippen MR) is 110 cm³/mol. The summed E-state index contributed by atoms with van der Waals surface area (Å²) in [6, 6.07) is 11.7. The Kier molecular flexibility index (Phi) is 5.97. The molecule has 29 heavy (non-hydrogen) atoms. The molecule has 2 saturated heterocycles. The molecular weight excluding hydrogens is 370 g/mol. The molecule has 4 rings (SSSR count). The van der Waals surface area contributed by atoms with Crippen LogP contribution in [0.25, 0.3) is 10.8 Å². The summed E-state index contributed by atoms with van der Waals surface area (Å²) in [5.41, 5.74) is 0.569. The van der Waals surface area contributed by atoms with Gasteiger partial charge in [-0.15, -0.1) is 0 Å². The summed E-state index contributed by atoms with van der Waals surface area (Å²) < 4.78 is 10.8. The quantitative estimate of drug-likeness (QED) is 0.782. The molecule has 154 valence electrons. The second-order valence-corrected chi connectivity index (χ2v) is 7.46. The highest BCUT2D eigenvalue weighted by atomic mass is 16.5. The van der Waals surface area contributed by atoms with Gasteiger partial charge in [-0.05, 0) is 22.9 Å². The number of benzene rings is 2. The highest BCUT2D eigenvalue weighted by Crippen LogP contribution is 2.27. The van der Waals surface area contributed by atoms with Gasteiger partial charge in [0.05, 0.1) is 32.4 Å². The molecule has 2 amide bonds. The average Bonchev–Trinajstić information content (AvgIpc) is 2.78. The molecule has 2 aliphatic rings. The largest absolute Gasteiger partial charge is 0.496 e. The Balaban J connectivity index is 1.40. The van der Waals surface area contributed by atoms with Crippen LogP contribution < -0.4 is 4.74 Å². The first-order valence-electron chi connectivity index (χ1n) is 10.1. The van der Waals surface area contributed by atoms with Gasteiger partial charge in [0.25, 0.3) is 5.91 Å². The maximum Gasteiger partial charge on any atom is 0.257 e. The molecule has 2 heterocycles. The molecule has 7 nitrogen and oxygen atoms in total. The van der Waals surface area contributed by atoms with E-state index >= 15 is 0 Å². The number of fused-ring (bicyclic) bond motifs is 1. The Morgan fingerprint density at radius 1 is 0.931 bits per heavy atom. The van der Waals surface area contributed by atoms with Gasteiger partial charge in [-0.25, -0.2) is 0 Å². The predicted octanol–water partition coefficient (Wildman–Crippen LogP) is 1.46. The fourth-order valence-electron chi connectivity index (χ4n) is 3.94. The summed E-state index contributed by atoms with van der Waals surface area (Å²) in [5, 5.41) is 2.05. The van der Waals surface area contributed by atoms with Gasteiger partial charge in [0, 0.05) is 39.3 Å². The van der Waals surface area contributed by atoms with Gasteiger partial charge in [-0.1, -0.05) is 24.3 Å². The summed E-state index contributed by atoms with van der Waals surface area (Å²) in [6.07, 6.45) is 0. The Morgan fingerprint density at radius 3 is 2.21 bits per heavy atom. The number of hydrogen-bond donors (Lipinski definition) is 0. The highest BCUT2D eigenvalue weighted by molar-refractivity contribution is 6.01. The van der Waals surface area contributed by atoms with Crippen LogP contribution in [-0.4, -0.2) is 92.7 Å². The van der Waals surface area contributed by atoms with Crippen molar-refractivity contribution in [1.29, 1.82) is 0 Å². The summed E-state index contributed by atoms with van der Waals surface area (Å²) >= 11 is 0. The summed E-state index contributed by atoms with van der Waals surface area (Å²) in [7, 11) is 1.59. The minimum absolute atomic E-state index is 0.0483. The molecule has 0 atom stereocenters. The van der Waals surface area contributed by atoms with Crippen LogP contribution in [0.2, 0.25) is 0 Å². The maximum atomic E-state index is 13.1. The average molecular weight is 397 g/mol. The number of rotatable bonds is 4. The highest BCUT2D eigenvalue weighted by Gasteiger charge is 2.27. The number of nitrogens with zero attached hydrogens (tertiary/aromatic N) is 3. The fraction of sp³-hybridized carbons (Fsp3) is 0.455. The topological polar surface area (TPSA) is 62.3 Å². The molecule has 0 radical (unpaired) electrons. The molecule has 2 aromatic carbocycles. The van der Waals surface area contributed by atoms with E-state index in [1.165, 1.54) is 0 Å². The molecule has 0 bridgehead atoms. The molecule has 0 aromatic heterocycles. The van der Waals surface area contributed by atoms with Gasteiger partial charge in [0.1, 0.15) is 5.75 Å². The zero-order chi connectivity index (χ0) is 20.2. The van der Waals surface area contributed by atoms with E-state index < -0.39 is 0 Å². The Morgan fingerprint density at radius 2 is 1.55 bits per heavy atom. The maximum absolute atomic E-state index is 13.1. The Labute approximate surface area is 170 Å². The second kappa shape index (κ2) is 8.80. The number of carbonyl (C=O) groups excluding carboxylic acids is 2. The van der Waals surface area contributed by atoms with Gasteiger partial charge < -0.3 is 19.3 Å². The van der Waals surface area contributed by atoms with Crippen molar-refractivity contribution in [3.8, 4) is 5.75 Å². The minimum Gasteiger partial charge on any atom is -0.496 e. The molecule has 0 saturated carbocycles. The van der Waals surface area contributed by atoms with Crippen LogP contribution in [0.15, 0.2) is 36.4 Å². The smallest absolute Gasteiger partial charge is 0.257 e. The SMILES string of the molecule is COc1cc2ccccc2cc1C(=O)N1CCN(C(=O)CN2CCOCC2)CC1. The lowest BCUT2D eigenvalue weighted by atomic mass is 10.0. The number of ether oxygens (including phenoxy) is 2. The number of amides is 2. The van der Waals surface area contributed by atoms with Crippen molar-refractivity contribution in [2.45, 2.75) is 0 Å². The molecular formula is C22H27N3O4. The third kappa shape index (κ3) is 4.36. The van der Waals surface area contributed by atoms with Crippen molar-refractivity contribution in [3.05, 3.63) is 42.0 Å². The first-order valence-corrected chi connectivity index (χ1v) is 10.1. The van der Waals surface area contributed by atoms with Crippen LogP contribution in [0.3, 0.4) is 0 Å². The molecule has 2 aromatic rings. The molecule has 0 unspecified atom stereocenters. The normalized spacial score (nSPS) is 18.1. The van der Waals surface area contributed by atoms with Crippen LogP contribution in [0.5, 0.6) is 5.75 Å². The van der Waals surface area contributed by atoms with Crippen molar-refractivity contribution in [1.82, 2.24) is 14.7 Å². The van der Waals surface area contributed by atoms with Crippen LogP contribution in [0.4, 0.5) is 0 Å². The summed E-state index contributed by atoms with van der Waals surface area (Å²) in [5.74, 6) is 0.662. The van der Waals surface area contributed by atoms with E-state index in [1.54, 1.807) is 7.11 Å². The van der Waals surface area contributed by atoms with Gasteiger partial charge >= 0.3 is 0 Å². The van der Waals surface area contributed by atoms with E-state index in [0.29, 0.717) is 57.3 Å². The molecule has 7 heteroatoms. The van der Waals surface area contributed by atoms with Crippen LogP contribution >= 0.6 is 0 Å². The van der Waals surface area contributed by atoms with E-state index in [9.17, 15) is 9.59 Å². The molecule has 0 N–H and O–H groups in total. The number of carbonyl (C=O) groups is 2. The standard InChI is InChI=1S/C22H27N3O4/c1-28-20-15-18-5-3-2-4-17(18)14-19(20)22(27)25-8-6-24(7-9-25)21(26)16-23-10-12-29-13-11-23/h2-5,14-15H,6-13,16H2,1H3. The van der Waals surface area contributed by atoms with Crippen molar-refractivity contribution in [2.75, 3.05) is 66.1 Å². The van der Waals surface area contributed by atoms with Gasteiger partial charge in [0.15, 0.2) is 0 Å². The van der Waals surface area contributed by atoms with Crippen molar-refractivity contribution in [3.63, 3.8) is 0 Å². The van der Waals surface area contributed by atoms with Crippen molar-refractivity contribution < 1.29 is 19.1 Å². The lowest BCUT2D eigenvalue weighted by molar-refractivity contribution is -0.134. The summed E-state index contributed by atoms with van der Waals surface area (Å²) in [4.78, 5) is 31.5. The minimum atomic E-state index is -0.0483. The van der Waals surface area contributed by atoms with E-state index in [4.69, 9.17) is 9.47 Å². The van der Waals surface area contributed by atoms with Crippen molar-refractivity contribution in [2.24, 2.45) is 0 Å². The van der Waals surface area contributed by atoms with E-state index in [2.05, 4.69) is 4.90 Å². The second-order valence-electron chi connectivity index (χ2n) is 7.46. The number of methoxy groups -OCH3 is 1. The zero-order valence-electron chi connectivity index (χ0n) is 16.8. The lowest BCUT2D eigenvalue weighted by Crippen LogP contribution is -2.53. The molecule has 2 fully saturated rings. The third-order valence-electron chi connectivity index (χ3n) is 5.68. The van der Waals surface area contributed by atoms with Gasteiger partial charge in [-0.2, -0.15) is 0 Å². The monoisotopic (exact) mass is 397 g/mol. The van der Waals surface area contributed by atoms with Crippen LogP contribution in [0.1, 0.15) is 10.4 Å². The zero-order valence-corrected chi connectivity index (χ0v) is 16.8. The number of hydrogen-bond acceptors (Lipinski definition) is 5. The van der Waals surface area contributed by atoms with Gasteiger partial charge in [0.2, 0.25) is 5.91 Å². The molecule has 2 aliphatic heterocycles. The first-order chi connectivity index (χ1) is 14.2. The third-order valence-corrected chi connectivity index (χ3v) is 5.68. The van der Waals surface area contributed by atoms with Gasteiger partial charge in [-0.3, -0.25) is 14.5 Å². The van der Waals surface area contributed by atoms with E-state index in [1.807, 2.05) is 46.2 Å². The van der Waals surface area contributed by atoms with Crippen LogP contribution in [-0.2, 0) is 9.53 Å². The number of morpholine rings is 1. The first kappa shape index (κ1) is 19.7.